The van der Waals surface area contributed by atoms with E-state index in [0.29, 0.717) is 29.7 Å². The van der Waals surface area contributed by atoms with E-state index in [0.717, 1.165) is 5.56 Å². The van der Waals surface area contributed by atoms with Gasteiger partial charge in [-0.3, -0.25) is 0 Å². The second-order valence-corrected chi connectivity index (χ2v) is 9.06. The van der Waals surface area contributed by atoms with E-state index < -0.39 is 16.1 Å². The van der Waals surface area contributed by atoms with Crippen LogP contribution in [-0.4, -0.2) is 52.7 Å². The molecule has 0 radical (unpaired) electrons. The molecule has 2 N–H and O–H groups in total. The molecule has 1 aromatic carbocycles. The molecule has 2 heterocycles. The van der Waals surface area contributed by atoms with Crippen molar-refractivity contribution in [1.82, 2.24) is 19.3 Å². The van der Waals surface area contributed by atoms with E-state index in [-0.39, 0.29) is 17.0 Å². The van der Waals surface area contributed by atoms with Crippen LogP contribution in [0.1, 0.15) is 18.4 Å². The van der Waals surface area contributed by atoms with Crippen molar-refractivity contribution in [2.24, 2.45) is 0 Å². The van der Waals surface area contributed by atoms with E-state index in [1.54, 1.807) is 30.3 Å². The van der Waals surface area contributed by atoms with Crippen LogP contribution in [-0.2, 0) is 10.0 Å². The summed E-state index contributed by atoms with van der Waals surface area (Å²) in [6.07, 6.45) is 3.13. The molecule has 0 unspecified atom stereocenters. The van der Waals surface area contributed by atoms with Gasteiger partial charge < -0.3 is 15.3 Å². The van der Waals surface area contributed by atoms with E-state index in [1.807, 2.05) is 18.9 Å². The number of anilines is 1. The Morgan fingerprint density at radius 1 is 1.21 bits per heavy atom. The molecular formula is C19H21N5O4S. The Kier molecular flexibility index (Phi) is 4.65. The third-order valence-corrected chi connectivity index (χ3v) is 7.01. The number of aromatic nitrogens is 3. The van der Waals surface area contributed by atoms with Gasteiger partial charge in [-0.15, -0.1) is 0 Å². The van der Waals surface area contributed by atoms with Gasteiger partial charge in [0.15, 0.2) is 5.65 Å². The lowest BCUT2D eigenvalue weighted by Gasteiger charge is -2.41. The van der Waals surface area contributed by atoms with Crippen molar-refractivity contribution in [3.8, 4) is 0 Å². The first-order valence-electron chi connectivity index (χ1n) is 9.14. The van der Waals surface area contributed by atoms with E-state index >= 15 is 0 Å². The maximum Gasteiger partial charge on any atom is 0.404 e. The Bertz CT molecular complexity index is 1170. The predicted octanol–water partition coefficient (Wildman–Crippen LogP) is 2.21. The summed E-state index contributed by atoms with van der Waals surface area (Å²) in [6, 6.07) is 8.39. The monoisotopic (exact) mass is 415 g/mol. The largest absolute Gasteiger partial charge is 0.465 e. The average molecular weight is 415 g/mol. The molecule has 0 aliphatic heterocycles. The SMILES string of the molecule is Cc1ccc(S(=O)(=O)n2ccc3c(N(C)[C@H]4C[C@@H](NC(=O)O)C4)ncnc32)cc1. The fourth-order valence-corrected chi connectivity index (χ4v) is 4.88. The van der Waals surface area contributed by atoms with Gasteiger partial charge in [0, 0.05) is 25.3 Å². The summed E-state index contributed by atoms with van der Waals surface area (Å²) in [7, 11) is -1.91. The van der Waals surface area contributed by atoms with Crippen LogP contribution in [0.5, 0.6) is 0 Å². The van der Waals surface area contributed by atoms with Crippen LogP contribution in [0.25, 0.3) is 11.0 Å². The van der Waals surface area contributed by atoms with Crippen LogP contribution in [0, 0.1) is 6.92 Å². The lowest BCUT2D eigenvalue weighted by molar-refractivity contribution is 0.177. The highest BCUT2D eigenvalue weighted by atomic mass is 32.2. The number of rotatable bonds is 5. The molecule has 1 fully saturated rings. The van der Waals surface area contributed by atoms with Gasteiger partial charge >= 0.3 is 6.09 Å². The summed E-state index contributed by atoms with van der Waals surface area (Å²) in [4.78, 5) is 21.4. The van der Waals surface area contributed by atoms with Crippen molar-refractivity contribution in [2.45, 2.75) is 36.7 Å². The Hall–Kier alpha value is -3.14. The highest BCUT2D eigenvalue weighted by Crippen LogP contribution is 2.32. The number of carboxylic acid groups (broad SMARTS) is 1. The zero-order valence-electron chi connectivity index (χ0n) is 16.0. The Morgan fingerprint density at radius 3 is 2.55 bits per heavy atom. The van der Waals surface area contributed by atoms with Gasteiger partial charge in [0.1, 0.15) is 12.1 Å². The molecule has 0 atom stereocenters. The molecule has 0 spiro atoms. The lowest BCUT2D eigenvalue weighted by atomic mass is 9.85. The number of hydrogen-bond donors (Lipinski definition) is 2. The van der Waals surface area contributed by atoms with Crippen LogP contribution in [0.15, 0.2) is 47.8 Å². The highest BCUT2D eigenvalue weighted by Gasteiger charge is 2.34. The fourth-order valence-electron chi connectivity index (χ4n) is 3.58. The van der Waals surface area contributed by atoms with Crippen LogP contribution >= 0.6 is 0 Å². The Labute approximate surface area is 168 Å². The standard InChI is InChI=1S/C19H21N5O4S/c1-12-3-5-15(6-4-12)29(27,28)24-8-7-16-17(20-11-21-18(16)24)23(2)14-9-13(10-14)22-19(25)26/h3-8,11,13-14,22H,9-10H2,1-2H3,(H,25,26)/t13-,14+. The number of carbonyl (C=O) groups is 1. The molecule has 0 saturated heterocycles. The molecular weight excluding hydrogens is 394 g/mol. The number of aryl methyl sites for hydroxylation is 1. The van der Waals surface area contributed by atoms with Crippen molar-refractivity contribution in [1.29, 1.82) is 0 Å². The normalized spacial score (nSPS) is 19.0. The van der Waals surface area contributed by atoms with Crippen molar-refractivity contribution in [3.05, 3.63) is 48.4 Å². The minimum atomic E-state index is -3.78. The van der Waals surface area contributed by atoms with Gasteiger partial charge in [-0.1, -0.05) is 17.7 Å². The Balaban J connectivity index is 1.65. The molecule has 1 aliphatic rings. The fraction of sp³-hybridized carbons (Fsp3) is 0.316. The van der Waals surface area contributed by atoms with Gasteiger partial charge in [-0.05, 0) is 38.0 Å². The summed E-state index contributed by atoms with van der Waals surface area (Å²) in [6.45, 7) is 1.90. The summed E-state index contributed by atoms with van der Waals surface area (Å²) >= 11 is 0. The molecule has 1 amide bonds. The molecule has 1 aliphatic carbocycles. The molecule has 9 nitrogen and oxygen atoms in total. The van der Waals surface area contributed by atoms with Crippen molar-refractivity contribution >= 4 is 33.0 Å². The first-order chi connectivity index (χ1) is 13.8. The van der Waals surface area contributed by atoms with Crippen LogP contribution in [0.4, 0.5) is 10.6 Å². The van der Waals surface area contributed by atoms with Gasteiger partial charge in [0.2, 0.25) is 0 Å². The minimum Gasteiger partial charge on any atom is -0.465 e. The van der Waals surface area contributed by atoms with Crippen molar-refractivity contribution in [3.63, 3.8) is 0 Å². The Morgan fingerprint density at radius 2 is 1.90 bits per heavy atom. The van der Waals surface area contributed by atoms with Crippen LogP contribution in [0.2, 0.25) is 0 Å². The van der Waals surface area contributed by atoms with Crippen LogP contribution < -0.4 is 10.2 Å². The maximum absolute atomic E-state index is 13.1. The van der Waals surface area contributed by atoms with E-state index in [2.05, 4.69) is 15.3 Å². The summed E-state index contributed by atoms with van der Waals surface area (Å²) in [5.41, 5.74) is 1.28. The number of amides is 1. The number of nitrogens with zero attached hydrogens (tertiary/aromatic N) is 4. The van der Waals surface area contributed by atoms with E-state index in [9.17, 15) is 13.2 Å². The van der Waals surface area contributed by atoms with Gasteiger partial charge in [0.05, 0.1) is 10.3 Å². The van der Waals surface area contributed by atoms with E-state index in [4.69, 9.17) is 5.11 Å². The summed E-state index contributed by atoms with van der Waals surface area (Å²) in [5, 5.41) is 11.9. The zero-order chi connectivity index (χ0) is 20.8. The third-order valence-electron chi connectivity index (χ3n) is 5.33. The van der Waals surface area contributed by atoms with Gasteiger partial charge in [-0.2, -0.15) is 0 Å². The molecule has 4 rings (SSSR count). The number of fused-ring (bicyclic) bond motifs is 1. The average Bonchev–Trinajstić information content (AvgIpc) is 3.09. The van der Waals surface area contributed by atoms with Crippen LogP contribution in [0.3, 0.4) is 0 Å². The molecule has 3 aromatic rings. The van der Waals surface area contributed by atoms with Gasteiger partial charge in [-0.25, -0.2) is 27.2 Å². The van der Waals surface area contributed by atoms with E-state index in [1.165, 1.54) is 16.5 Å². The third kappa shape index (κ3) is 3.39. The summed E-state index contributed by atoms with van der Waals surface area (Å²) in [5.74, 6) is 0.617. The smallest absolute Gasteiger partial charge is 0.404 e. The molecule has 10 heteroatoms. The first-order valence-corrected chi connectivity index (χ1v) is 10.6. The number of nitrogens with one attached hydrogen (secondary N) is 1. The molecule has 1 saturated carbocycles. The quantitative estimate of drug-likeness (QED) is 0.656. The maximum atomic E-state index is 13.1. The van der Waals surface area contributed by atoms with Gasteiger partial charge in [0.25, 0.3) is 10.0 Å². The molecule has 29 heavy (non-hydrogen) atoms. The summed E-state index contributed by atoms with van der Waals surface area (Å²) < 4.78 is 27.3. The zero-order valence-corrected chi connectivity index (χ0v) is 16.8. The second-order valence-electron chi connectivity index (χ2n) is 7.25. The predicted molar refractivity (Wildman–Crippen MR) is 108 cm³/mol. The molecule has 2 aromatic heterocycles. The first kappa shape index (κ1) is 19.2. The highest BCUT2D eigenvalue weighted by molar-refractivity contribution is 7.90. The number of benzene rings is 1. The van der Waals surface area contributed by atoms with Crippen molar-refractivity contribution < 1.29 is 18.3 Å². The lowest BCUT2D eigenvalue weighted by Crippen LogP contribution is -2.53. The number of hydrogen-bond acceptors (Lipinski definition) is 6. The minimum absolute atomic E-state index is 0.0798. The topological polar surface area (TPSA) is 117 Å². The second kappa shape index (κ2) is 7.03. The van der Waals surface area contributed by atoms with Crippen molar-refractivity contribution in [2.75, 3.05) is 11.9 Å². The molecule has 152 valence electrons. The molecule has 0 bridgehead atoms.